The van der Waals surface area contributed by atoms with E-state index in [1.165, 1.54) is 0 Å². The van der Waals surface area contributed by atoms with Gasteiger partial charge in [0.15, 0.2) is 5.84 Å². The molecule has 5 N–H and O–H groups in total. The van der Waals surface area contributed by atoms with Crippen molar-refractivity contribution in [2.75, 3.05) is 5.32 Å². The van der Waals surface area contributed by atoms with E-state index in [2.05, 4.69) is 31.7 Å². The first-order valence-corrected chi connectivity index (χ1v) is 6.74. The molecule has 19 heavy (non-hydrogen) atoms. The van der Waals surface area contributed by atoms with Gasteiger partial charge in [-0.15, -0.1) is 0 Å². The van der Waals surface area contributed by atoms with Crippen molar-refractivity contribution in [1.29, 1.82) is 0 Å². The van der Waals surface area contributed by atoms with Gasteiger partial charge in [-0.25, -0.2) is 4.79 Å². The summed E-state index contributed by atoms with van der Waals surface area (Å²) < 4.78 is 0.777. The van der Waals surface area contributed by atoms with Crippen molar-refractivity contribution in [1.82, 2.24) is 5.32 Å². The third-order valence-corrected chi connectivity index (χ3v) is 3.55. The van der Waals surface area contributed by atoms with Crippen LogP contribution < -0.4 is 16.4 Å². The third kappa shape index (κ3) is 3.37. The molecule has 102 valence electrons. The summed E-state index contributed by atoms with van der Waals surface area (Å²) in [5.41, 5.74) is 6.54. The minimum Gasteiger partial charge on any atom is -0.409 e. The van der Waals surface area contributed by atoms with Gasteiger partial charge in [-0.3, -0.25) is 0 Å². The number of amidine groups is 1. The first kappa shape index (κ1) is 13.7. The zero-order valence-electron chi connectivity index (χ0n) is 10.2. The van der Waals surface area contributed by atoms with Crippen LogP contribution in [0.3, 0.4) is 0 Å². The lowest BCUT2D eigenvalue weighted by Gasteiger charge is -2.26. The van der Waals surface area contributed by atoms with E-state index in [0.29, 0.717) is 11.3 Å². The Morgan fingerprint density at radius 2 is 2.21 bits per heavy atom. The Morgan fingerprint density at radius 1 is 1.47 bits per heavy atom. The number of nitrogens with zero attached hydrogens (tertiary/aromatic N) is 1. The molecule has 6 nitrogen and oxygen atoms in total. The molecule has 0 unspecified atom stereocenters. The summed E-state index contributed by atoms with van der Waals surface area (Å²) in [6.45, 7) is 0. The largest absolute Gasteiger partial charge is 0.409 e. The van der Waals surface area contributed by atoms with Crippen LogP contribution in [0.5, 0.6) is 0 Å². The fourth-order valence-corrected chi connectivity index (χ4v) is 2.15. The minimum absolute atomic E-state index is 0.0553. The van der Waals surface area contributed by atoms with Gasteiger partial charge in [0.05, 0.1) is 5.69 Å². The van der Waals surface area contributed by atoms with Crippen molar-refractivity contribution < 1.29 is 10.0 Å². The number of anilines is 1. The van der Waals surface area contributed by atoms with Crippen molar-refractivity contribution in [3.63, 3.8) is 0 Å². The number of urea groups is 1. The van der Waals surface area contributed by atoms with Gasteiger partial charge in [-0.1, -0.05) is 21.1 Å². The average Bonchev–Trinajstić information content (AvgIpc) is 2.35. The summed E-state index contributed by atoms with van der Waals surface area (Å²) in [7, 11) is 0. The Hall–Kier alpha value is -1.76. The zero-order chi connectivity index (χ0) is 13.8. The van der Waals surface area contributed by atoms with Gasteiger partial charge in [0.2, 0.25) is 0 Å². The third-order valence-electron chi connectivity index (χ3n) is 3.05. The van der Waals surface area contributed by atoms with Crippen LogP contribution in [0.25, 0.3) is 0 Å². The maximum absolute atomic E-state index is 11.8. The highest BCUT2D eigenvalue weighted by molar-refractivity contribution is 9.10. The maximum Gasteiger partial charge on any atom is 0.319 e. The predicted molar refractivity (Wildman–Crippen MR) is 76.4 cm³/mol. The molecule has 0 spiro atoms. The van der Waals surface area contributed by atoms with Crippen LogP contribution in [0, 0.1) is 0 Å². The Balaban J connectivity index is 2.12. The summed E-state index contributed by atoms with van der Waals surface area (Å²) >= 11 is 3.30. The van der Waals surface area contributed by atoms with Crippen LogP contribution in [-0.2, 0) is 0 Å². The van der Waals surface area contributed by atoms with Gasteiger partial charge in [-0.05, 0) is 37.5 Å². The molecule has 0 atom stereocenters. The molecule has 0 saturated heterocycles. The number of rotatable bonds is 3. The molecular weight excluding hydrogens is 312 g/mol. The van der Waals surface area contributed by atoms with Crippen LogP contribution in [0.15, 0.2) is 27.8 Å². The van der Waals surface area contributed by atoms with Gasteiger partial charge in [0, 0.05) is 16.1 Å². The molecule has 7 heteroatoms. The molecule has 0 aliphatic heterocycles. The van der Waals surface area contributed by atoms with Crippen molar-refractivity contribution in [2.45, 2.75) is 25.3 Å². The second kappa shape index (κ2) is 5.92. The molecule has 1 saturated carbocycles. The van der Waals surface area contributed by atoms with E-state index < -0.39 is 0 Å². The quantitative estimate of drug-likeness (QED) is 0.296. The number of nitrogens with one attached hydrogen (secondary N) is 2. The average molecular weight is 327 g/mol. The molecular formula is C12H15BrN4O2. The Bertz CT molecular complexity index is 514. The van der Waals surface area contributed by atoms with Crippen molar-refractivity contribution in [3.8, 4) is 0 Å². The lowest BCUT2D eigenvalue weighted by molar-refractivity contribution is 0.240. The second-order valence-corrected chi connectivity index (χ2v) is 5.32. The van der Waals surface area contributed by atoms with Crippen molar-refractivity contribution in [3.05, 3.63) is 28.2 Å². The molecule has 1 aromatic rings. The fourth-order valence-electron chi connectivity index (χ4n) is 1.79. The molecule has 1 fully saturated rings. The number of nitrogens with two attached hydrogens (primary N) is 1. The summed E-state index contributed by atoms with van der Waals surface area (Å²) in [4.78, 5) is 11.8. The second-order valence-electron chi connectivity index (χ2n) is 4.40. The monoisotopic (exact) mass is 326 g/mol. The molecule has 0 heterocycles. The van der Waals surface area contributed by atoms with Crippen LogP contribution in [0.1, 0.15) is 24.8 Å². The van der Waals surface area contributed by atoms with Gasteiger partial charge in [0.1, 0.15) is 0 Å². The smallest absolute Gasteiger partial charge is 0.319 e. The minimum atomic E-state index is -0.279. The Morgan fingerprint density at radius 3 is 2.79 bits per heavy atom. The van der Waals surface area contributed by atoms with Crippen molar-refractivity contribution in [2.24, 2.45) is 10.9 Å². The van der Waals surface area contributed by atoms with Gasteiger partial charge in [0.25, 0.3) is 0 Å². The number of amides is 2. The van der Waals surface area contributed by atoms with Crippen LogP contribution >= 0.6 is 15.9 Å². The summed E-state index contributed by atoms with van der Waals surface area (Å²) in [5.74, 6) is -0.0553. The summed E-state index contributed by atoms with van der Waals surface area (Å²) in [5, 5.41) is 17.3. The SMILES string of the molecule is N/C(=N/O)c1cc(Br)ccc1NC(=O)NC1CCC1. The Kier molecular flexibility index (Phi) is 4.26. The topological polar surface area (TPSA) is 99.7 Å². The van der Waals surface area contributed by atoms with Gasteiger partial charge in [-0.2, -0.15) is 0 Å². The molecule has 0 bridgehead atoms. The van der Waals surface area contributed by atoms with Gasteiger partial charge >= 0.3 is 6.03 Å². The molecule has 2 amide bonds. The number of hydrogen-bond acceptors (Lipinski definition) is 3. The Labute approximate surface area is 119 Å². The number of carbonyl (C=O) groups is 1. The highest BCUT2D eigenvalue weighted by atomic mass is 79.9. The van der Waals surface area contributed by atoms with Gasteiger partial charge < -0.3 is 21.6 Å². The first-order valence-electron chi connectivity index (χ1n) is 5.95. The number of benzene rings is 1. The van der Waals surface area contributed by atoms with E-state index in [0.717, 1.165) is 23.7 Å². The normalized spacial score (nSPS) is 15.7. The van der Waals surface area contributed by atoms with Crippen molar-refractivity contribution >= 4 is 33.5 Å². The summed E-state index contributed by atoms with van der Waals surface area (Å²) in [6.07, 6.45) is 3.18. The number of carbonyl (C=O) groups excluding carboxylic acids is 1. The molecule has 0 aromatic heterocycles. The highest BCUT2D eigenvalue weighted by Crippen LogP contribution is 2.22. The summed E-state index contributed by atoms with van der Waals surface area (Å²) in [6, 6.07) is 5.11. The maximum atomic E-state index is 11.8. The van der Waals surface area contributed by atoms with E-state index in [9.17, 15) is 4.79 Å². The van der Waals surface area contributed by atoms with Crippen LogP contribution in [0.4, 0.5) is 10.5 Å². The highest BCUT2D eigenvalue weighted by Gasteiger charge is 2.20. The molecule has 1 aromatic carbocycles. The van der Waals surface area contributed by atoms with E-state index in [4.69, 9.17) is 10.9 Å². The first-order chi connectivity index (χ1) is 9.10. The number of hydrogen-bond donors (Lipinski definition) is 4. The lowest BCUT2D eigenvalue weighted by atomic mass is 9.93. The number of oxime groups is 1. The molecule has 1 aliphatic carbocycles. The lowest BCUT2D eigenvalue weighted by Crippen LogP contribution is -2.42. The van der Waals surface area contributed by atoms with E-state index in [1.807, 2.05) is 0 Å². The molecule has 1 aliphatic rings. The predicted octanol–water partition coefficient (Wildman–Crippen LogP) is 2.22. The molecule has 0 radical (unpaired) electrons. The van der Waals surface area contributed by atoms with E-state index in [-0.39, 0.29) is 17.9 Å². The van der Waals surface area contributed by atoms with E-state index in [1.54, 1.807) is 18.2 Å². The zero-order valence-corrected chi connectivity index (χ0v) is 11.8. The van der Waals surface area contributed by atoms with Crippen LogP contribution in [-0.4, -0.2) is 23.1 Å². The molecule has 2 rings (SSSR count). The van der Waals surface area contributed by atoms with Crippen LogP contribution in [0.2, 0.25) is 0 Å². The van der Waals surface area contributed by atoms with E-state index >= 15 is 0 Å². The fraction of sp³-hybridized carbons (Fsp3) is 0.333. The standard InChI is InChI=1S/C12H15BrN4O2/c13-7-4-5-10(9(6-7)11(14)17-19)16-12(18)15-8-2-1-3-8/h4-6,8,19H,1-3H2,(H2,14,17)(H2,15,16,18). The number of halogens is 1.